The van der Waals surface area contributed by atoms with Crippen LogP contribution in [-0.4, -0.2) is 51.6 Å². The highest BCUT2D eigenvalue weighted by atomic mass is 79.9. The summed E-state index contributed by atoms with van der Waals surface area (Å²) in [5, 5.41) is 38.9. The Hall–Kier alpha value is -2.37. The second-order valence-electron chi connectivity index (χ2n) is 9.61. The average molecular weight is 580 g/mol. The van der Waals surface area contributed by atoms with Gasteiger partial charge in [0, 0.05) is 22.8 Å². The van der Waals surface area contributed by atoms with E-state index < -0.39 is 0 Å². The van der Waals surface area contributed by atoms with E-state index in [2.05, 4.69) is 63.7 Å². The van der Waals surface area contributed by atoms with Gasteiger partial charge in [-0.2, -0.15) is 5.10 Å². The Kier molecular flexibility index (Phi) is 6.97. The number of rotatable bonds is 3. The van der Waals surface area contributed by atoms with Crippen LogP contribution in [0.5, 0.6) is 5.75 Å². The van der Waals surface area contributed by atoms with Crippen molar-refractivity contribution in [3.63, 3.8) is 0 Å². The molecule has 1 fully saturated rings. The number of aromatic amines is 1. The third-order valence-corrected chi connectivity index (χ3v) is 5.84. The summed E-state index contributed by atoms with van der Waals surface area (Å²) in [6.45, 7) is 8.83. The van der Waals surface area contributed by atoms with E-state index in [1.807, 2.05) is 16.8 Å². The maximum Gasteiger partial charge on any atom is 0.201 e. The molecule has 0 radical (unpaired) electrons. The molecule has 0 unspecified atom stereocenters. The summed E-state index contributed by atoms with van der Waals surface area (Å²) in [6.07, 6.45) is 5.33. The number of aromatic nitrogens is 7. The van der Waals surface area contributed by atoms with Gasteiger partial charge < -0.3 is 10.4 Å². The van der Waals surface area contributed by atoms with Gasteiger partial charge in [0.05, 0.1) is 23.5 Å². The SMILES string of the molecule is Br.Br.CC1(C)CC(n2nnc3cc(-c4c(O)cccc4-c4cn[nH]c4)nnc32)CC(C)(C)N1. The van der Waals surface area contributed by atoms with Gasteiger partial charge in [0.2, 0.25) is 5.65 Å². The van der Waals surface area contributed by atoms with Crippen LogP contribution in [0.3, 0.4) is 0 Å². The predicted octanol–water partition coefficient (Wildman–Crippen LogP) is 4.62. The van der Waals surface area contributed by atoms with Gasteiger partial charge in [0.1, 0.15) is 11.3 Å². The van der Waals surface area contributed by atoms with Crippen LogP contribution in [0.15, 0.2) is 36.7 Å². The first kappa shape index (κ1) is 25.3. The zero-order valence-electron chi connectivity index (χ0n) is 18.9. The topological polar surface area (TPSA) is 117 Å². The molecule has 1 aliphatic heterocycles. The lowest BCUT2D eigenvalue weighted by atomic mass is 9.79. The number of nitrogens with zero attached hydrogens (tertiary/aromatic N) is 6. The van der Waals surface area contributed by atoms with Crippen molar-refractivity contribution in [1.29, 1.82) is 0 Å². The van der Waals surface area contributed by atoms with Crippen molar-refractivity contribution in [2.24, 2.45) is 0 Å². The summed E-state index contributed by atoms with van der Waals surface area (Å²) in [5.41, 5.74) is 4.08. The van der Waals surface area contributed by atoms with Crippen molar-refractivity contribution >= 4 is 45.1 Å². The van der Waals surface area contributed by atoms with E-state index in [0.29, 0.717) is 22.4 Å². The number of benzene rings is 1. The fraction of sp³-hybridized carbons (Fsp3) is 0.409. The number of halogens is 2. The number of phenols is 1. The molecule has 33 heavy (non-hydrogen) atoms. The van der Waals surface area contributed by atoms with Crippen LogP contribution in [0, 0.1) is 0 Å². The molecule has 0 amide bonds. The van der Waals surface area contributed by atoms with Crippen LogP contribution in [0.4, 0.5) is 0 Å². The Morgan fingerprint density at radius 1 is 1.03 bits per heavy atom. The number of nitrogens with one attached hydrogen (secondary N) is 2. The number of hydrogen-bond donors (Lipinski definition) is 3. The van der Waals surface area contributed by atoms with Crippen molar-refractivity contribution in [3.8, 4) is 28.1 Å². The maximum atomic E-state index is 10.6. The van der Waals surface area contributed by atoms with E-state index in [4.69, 9.17) is 0 Å². The van der Waals surface area contributed by atoms with Crippen molar-refractivity contribution in [1.82, 2.24) is 40.7 Å². The minimum absolute atomic E-state index is 0. The third-order valence-electron chi connectivity index (χ3n) is 5.84. The van der Waals surface area contributed by atoms with Gasteiger partial charge in [0.15, 0.2) is 0 Å². The summed E-state index contributed by atoms with van der Waals surface area (Å²) in [5.74, 6) is 0.126. The Bertz CT molecular complexity index is 1240. The normalized spacial score (nSPS) is 17.3. The summed E-state index contributed by atoms with van der Waals surface area (Å²) in [4.78, 5) is 0. The molecule has 3 N–H and O–H groups in total. The fourth-order valence-electron chi connectivity index (χ4n) is 5.01. The zero-order chi connectivity index (χ0) is 21.8. The van der Waals surface area contributed by atoms with E-state index in [1.54, 1.807) is 24.5 Å². The molecule has 4 heterocycles. The van der Waals surface area contributed by atoms with Gasteiger partial charge in [0.25, 0.3) is 0 Å². The fourth-order valence-corrected chi connectivity index (χ4v) is 5.01. The number of hydrogen-bond acceptors (Lipinski definition) is 7. The molecule has 0 aliphatic carbocycles. The largest absolute Gasteiger partial charge is 0.507 e. The maximum absolute atomic E-state index is 10.6. The van der Waals surface area contributed by atoms with E-state index in [9.17, 15) is 5.11 Å². The standard InChI is InChI=1S/C22H26N8O.2BrH/c1-21(2)9-14(10-22(3,4)28-21)30-20-17(26-29-30)8-16(25-27-20)19-15(6-5-7-18(19)31)13-11-23-24-12-13;;/h5-8,11-12,14,28,31H,9-10H2,1-4H3,(H,23,24);2*1H. The molecule has 5 rings (SSSR count). The summed E-state index contributed by atoms with van der Waals surface area (Å²) in [6, 6.07) is 7.36. The Labute approximate surface area is 212 Å². The Morgan fingerprint density at radius 3 is 2.42 bits per heavy atom. The third kappa shape index (κ3) is 4.80. The molecule has 1 aliphatic rings. The smallest absolute Gasteiger partial charge is 0.201 e. The van der Waals surface area contributed by atoms with E-state index in [0.717, 1.165) is 24.0 Å². The van der Waals surface area contributed by atoms with E-state index >= 15 is 0 Å². The predicted molar refractivity (Wildman–Crippen MR) is 138 cm³/mol. The molecule has 0 bridgehead atoms. The van der Waals surface area contributed by atoms with Crippen LogP contribution in [0.1, 0.15) is 46.6 Å². The monoisotopic (exact) mass is 578 g/mol. The van der Waals surface area contributed by atoms with Crippen LogP contribution in [0.2, 0.25) is 0 Å². The van der Waals surface area contributed by atoms with Crippen molar-refractivity contribution in [3.05, 3.63) is 36.7 Å². The molecular weight excluding hydrogens is 552 g/mol. The summed E-state index contributed by atoms with van der Waals surface area (Å²) in [7, 11) is 0. The number of H-pyrrole nitrogens is 1. The summed E-state index contributed by atoms with van der Waals surface area (Å²) >= 11 is 0. The van der Waals surface area contributed by atoms with Crippen molar-refractivity contribution in [2.75, 3.05) is 0 Å². The van der Waals surface area contributed by atoms with Gasteiger partial charge in [-0.15, -0.1) is 49.3 Å². The van der Waals surface area contributed by atoms with Gasteiger partial charge in [-0.1, -0.05) is 17.3 Å². The van der Waals surface area contributed by atoms with E-state index in [1.165, 1.54) is 0 Å². The molecule has 0 saturated carbocycles. The average Bonchev–Trinajstić information content (AvgIpc) is 3.35. The Morgan fingerprint density at radius 2 is 1.76 bits per heavy atom. The lowest BCUT2D eigenvalue weighted by Gasteiger charge is -2.46. The zero-order valence-corrected chi connectivity index (χ0v) is 22.3. The number of fused-ring (bicyclic) bond motifs is 1. The highest BCUT2D eigenvalue weighted by molar-refractivity contribution is 8.93. The van der Waals surface area contributed by atoms with Crippen molar-refractivity contribution in [2.45, 2.75) is 57.7 Å². The van der Waals surface area contributed by atoms with Crippen LogP contribution in [0.25, 0.3) is 33.5 Å². The first-order valence-electron chi connectivity index (χ1n) is 10.4. The molecule has 1 aromatic carbocycles. The van der Waals surface area contributed by atoms with Crippen LogP contribution < -0.4 is 5.32 Å². The number of aromatic hydroxyl groups is 1. The molecule has 3 aromatic heterocycles. The molecule has 1 saturated heterocycles. The second-order valence-corrected chi connectivity index (χ2v) is 9.61. The lowest BCUT2D eigenvalue weighted by molar-refractivity contribution is 0.127. The molecule has 4 aromatic rings. The first-order chi connectivity index (χ1) is 14.7. The van der Waals surface area contributed by atoms with Crippen LogP contribution >= 0.6 is 34.0 Å². The van der Waals surface area contributed by atoms with Crippen LogP contribution in [-0.2, 0) is 0 Å². The first-order valence-corrected chi connectivity index (χ1v) is 10.4. The second kappa shape index (κ2) is 9.11. The molecule has 11 heteroatoms. The van der Waals surface area contributed by atoms with Crippen molar-refractivity contribution < 1.29 is 5.11 Å². The molecule has 0 atom stereocenters. The summed E-state index contributed by atoms with van der Waals surface area (Å²) < 4.78 is 1.90. The highest BCUT2D eigenvalue weighted by Gasteiger charge is 2.39. The van der Waals surface area contributed by atoms with Gasteiger partial charge in [-0.25, -0.2) is 4.68 Å². The van der Waals surface area contributed by atoms with E-state index in [-0.39, 0.29) is 56.8 Å². The molecule has 0 spiro atoms. The quantitative estimate of drug-likeness (QED) is 0.324. The molecular formula is C22H28Br2N8O. The Balaban J connectivity index is 0.00000153. The van der Waals surface area contributed by atoms with Gasteiger partial charge >= 0.3 is 0 Å². The van der Waals surface area contributed by atoms with Gasteiger partial charge in [-0.05, 0) is 58.2 Å². The minimum atomic E-state index is -0.0205. The highest BCUT2D eigenvalue weighted by Crippen LogP contribution is 2.39. The van der Waals surface area contributed by atoms with Gasteiger partial charge in [-0.3, -0.25) is 5.10 Å². The number of phenolic OH excluding ortho intramolecular Hbond substituents is 1. The minimum Gasteiger partial charge on any atom is -0.507 e. The molecule has 176 valence electrons. The number of piperidine rings is 1. The molecule has 9 nitrogen and oxygen atoms in total. The lowest BCUT2D eigenvalue weighted by Crippen LogP contribution is -2.58.